The second kappa shape index (κ2) is 7.95. The van der Waals surface area contributed by atoms with Crippen LogP contribution in [0.15, 0.2) is 12.1 Å². The van der Waals surface area contributed by atoms with E-state index in [1.165, 1.54) is 0 Å². The molecule has 1 amide bonds. The molecule has 1 saturated heterocycles. The Labute approximate surface area is 125 Å². The molecular weight excluding hydrogens is 270 g/mol. The molecule has 1 aromatic heterocycles. The quantitative estimate of drug-likeness (QED) is 0.784. The molecule has 2 heterocycles. The second-order valence-electron chi connectivity index (χ2n) is 5.06. The molecule has 1 fully saturated rings. The topological polar surface area (TPSA) is 63.7 Å². The summed E-state index contributed by atoms with van der Waals surface area (Å²) < 4.78 is 10.5. The normalized spacial score (nSPS) is 15.0. The Balaban J connectivity index is 1.71. The molecule has 2 rings (SSSR count). The van der Waals surface area contributed by atoms with Crippen molar-refractivity contribution in [3.8, 4) is 5.75 Å². The molecule has 0 atom stereocenters. The van der Waals surface area contributed by atoms with Crippen molar-refractivity contribution in [3.63, 3.8) is 0 Å². The van der Waals surface area contributed by atoms with Gasteiger partial charge in [-0.1, -0.05) is 0 Å². The number of amides is 1. The third-order valence-corrected chi connectivity index (χ3v) is 3.40. The standard InChI is InChI=1S/C15H23N3O3/c1-12-9-14(20-2)10-13(17-12)11-16-4-3-15(19)18-5-7-21-8-6-18/h9-10,16H,3-8,11H2,1-2H3. The van der Waals surface area contributed by atoms with Gasteiger partial charge in [0.2, 0.25) is 5.91 Å². The van der Waals surface area contributed by atoms with Crippen molar-refractivity contribution in [1.29, 1.82) is 0 Å². The van der Waals surface area contributed by atoms with Crippen molar-refractivity contribution in [2.45, 2.75) is 19.9 Å². The molecule has 21 heavy (non-hydrogen) atoms. The predicted molar refractivity (Wildman–Crippen MR) is 79.2 cm³/mol. The van der Waals surface area contributed by atoms with Gasteiger partial charge in [0.25, 0.3) is 0 Å². The third kappa shape index (κ3) is 4.99. The maximum atomic E-state index is 12.0. The zero-order valence-corrected chi connectivity index (χ0v) is 12.7. The first kappa shape index (κ1) is 15.7. The van der Waals surface area contributed by atoms with Crippen molar-refractivity contribution in [2.24, 2.45) is 0 Å². The maximum Gasteiger partial charge on any atom is 0.224 e. The molecular formula is C15H23N3O3. The number of aromatic nitrogens is 1. The van der Waals surface area contributed by atoms with Crippen molar-refractivity contribution < 1.29 is 14.3 Å². The Bertz CT molecular complexity index is 473. The summed E-state index contributed by atoms with van der Waals surface area (Å²) >= 11 is 0. The highest BCUT2D eigenvalue weighted by molar-refractivity contribution is 5.76. The van der Waals surface area contributed by atoms with E-state index in [1.54, 1.807) is 7.11 Å². The lowest BCUT2D eigenvalue weighted by molar-refractivity contribution is -0.135. The van der Waals surface area contributed by atoms with E-state index in [9.17, 15) is 4.79 Å². The van der Waals surface area contributed by atoms with Crippen LogP contribution in [-0.4, -0.2) is 55.7 Å². The van der Waals surface area contributed by atoms with Crippen molar-refractivity contribution >= 4 is 5.91 Å². The number of carbonyl (C=O) groups is 1. The monoisotopic (exact) mass is 293 g/mol. The average molecular weight is 293 g/mol. The van der Waals surface area contributed by atoms with Crippen LogP contribution in [0, 0.1) is 6.92 Å². The van der Waals surface area contributed by atoms with Gasteiger partial charge in [0, 0.05) is 50.4 Å². The minimum atomic E-state index is 0.181. The fourth-order valence-electron chi connectivity index (χ4n) is 2.29. The Morgan fingerprint density at radius 3 is 2.90 bits per heavy atom. The highest BCUT2D eigenvalue weighted by Gasteiger charge is 2.15. The van der Waals surface area contributed by atoms with E-state index in [-0.39, 0.29) is 5.91 Å². The average Bonchev–Trinajstić information content (AvgIpc) is 2.51. The van der Waals surface area contributed by atoms with E-state index in [0.717, 1.165) is 17.1 Å². The summed E-state index contributed by atoms with van der Waals surface area (Å²) in [6.07, 6.45) is 0.503. The Kier molecular flexibility index (Phi) is 5.95. The number of hydrogen-bond donors (Lipinski definition) is 1. The van der Waals surface area contributed by atoms with Gasteiger partial charge in [-0.15, -0.1) is 0 Å². The van der Waals surface area contributed by atoms with Gasteiger partial charge in [0.15, 0.2) is 0 Å². The zero-order valence-electron chi connectivity index (χ0n) is 12.7. The summed E-state index contributed by atoms with van der Waals surface area (Å²) in [7, 11) is 1.65. The lowest BCUT2D eigenvalue weighted by Crippen LogP contribution is -2.41. The highest BCUT2D eigenvalue weighted by Crippen LogP contribution is 2.13. The van der Waals surface area contributed by atoms with Crippen molar-refractivity contribution in [2.75, 3.05) is 40.0 Å². The summed E-state index contributed by atoms with van der Waals surface area (Å²) in [4.78, 5) is 18.3. The lowest BCUT2D eigenvalue weighted by Gasteiger charge is -2.26. The van der Waals surface area contributed by atoms with Gasteiger partial charge in [-0.3, -0.25) is 9.78 Å². The molecule has 6 heteroatoms. The minimum absolute atomic E-state index is 0.181. The highest BCUT2D eigenvalue weighted by atomic mass is 16.5. The molecule has 6 nitrogen and oxygen atoms in total. The summed E-state index contributed by atoms with van der Waals surface area (Å²) in [6, 6.07) is 3.80. The first-order valence-corrected chi connectivity index (χ1v) is 7.27. The van der Waals surface area contributed by atoms with E-state index in [0.29, 0.717) is 45.8 Å². The molecule has 0 spiro atoms. The zero-order chi connectivity index (χ0) is 15.1. The summed E-state index contributed by atoms with van der Waals surface area (Å²) in [5.41, 5.74) is 1.85. The van der Waals surface area contributed by atoms with Crippen LogP contribution < -0.4 is 10.1 Å². The van der Waals surface area contributed by atoms with Crippen LogP contribution in [0.2, 0.25) is 0 Å². The Hall–Kier alpha value is -1.66. The molecule has 1 N–H and O–H groups in total. The molecule has 1 aliphatic heterocycles. The van der Waals surface area contributed by atoms with E-state index < -0.39 is 0 Å². The molecule has 0 bridgehead atoms. The Morgan fingerprint density at radius 1 is 1.43 bits per heavy atom. The van der Waals surface area contributed by atoms with Gasteiger partial charge in [-0.25, -0.2) is 0 Å². The smallest absolute Gasteiger partial charge is 0.224 e. The van der Waals surface area contributed by atoms with Gasteiger partial charge >= 0.3 is 0 Å². The van der Waals surface area contributed by atoms with E-state index in [1.807, 2.05) is 24.0 Å². The molecule has 116 valence electrons. The number of methoxy groups -OCH3 is 1. The van der Waals surface area contributed by atoms with E-state index in [4.69, 9.17) is 9.47 Å². The largest absolute Gasteiger partial charge is 0.497 e. The van der Waals surface area contributed by atoms with Crippen LogP contribution in [0.4, 0.5) is 0 Å². The number of rotatable bonds is 6. The molecule has 0 unspecified atom stereocenters. The van der Waals surface area contributed by atoms with Crippen LogP contribution in [0.1, 0.15) is 17.8 Å². The number of carbonyl (C=O) groups excluding carboxylic acids is 1. The number of nitrogens with zero attached hydrogens (tertiary/aromatic N) is 2. The fraction of sp³-hybridized carbons (Fsp3) is 0.600. The summed E-state index contributed by atoms with van der Waals surface area (Å²) in [5.74, 6) is 0.990. The van der Waals surface area contributed by atoms with E-state index in [2.05, 4.69) is 10.3 Å². The first-order valence-electron chi connectivity index (χ1n) is 7.27. The molecule has 0 radical (unpaired) electrons. The second-order valence-corrected chi connectivity index (χ2v) is 5.06. The van der Waals surface area contributed by atoms with Crippen LogP contribution in [0.5, 0.6) is 5.75 Å². The number of aryl methyl sites for hydroxylation is 1. The fourth-order valence-corrected chi connectivity index (χ4v) is 2.29. The third-order valence-electron chi connectivity index (χ3n) is 3.40. The van der Waals surface area contributed by atoms with Crippen LogP contribution >= 0.6 is 0 Å². The van der Waals surface area contributed by atoms with Crippen molar-refractivity contribution in [1.82, 2.24) is 15.2 Å². The molecule has 0 saturated carbocycles. The van der Waals surface area contributed by atoms with Gasteiger partial charge < -0.3 is 19.7 Å². The van der Waals surface area contributed by atoms with Crippen LogP contribution in [-0.2, 0) is 16.1 Å². The predicted octanol–water partition coefficient (Wildman–Crippen LogP) is 0.737. The number of morpholine rings is 1. The molecule has 0 aromatic carbocycles. The first-order chi connectivity index (χ1) is 10.2. The lowest BCUT2D eigenvalue weighted by atomic mass is 10.2. The van der Waals surface area contributed by atoms with Crippen molar-refractivity contribution in [3.05, 3.63) is 23.5 Å². The van der Waals surface area contributed by atoms with Gasteiger partial charge in [0.1, 0.15) is 5.75 Å². The van der Waals surface area contributed by atoms with Crippen LogP contribution in [0.3, 0.4) is 0 Å². The number of nitrogens with one attached hydrogen (secondary N) is 1. The maximum absolute atomic E-state index is 12.0. The van der Waals surface area contributed by atoms with Gasteiger partial charge in [-0.2, -0.15) is 0 Å². The van der Waals surface area contributed by atoms with Gasteiger partial charge in [0.05, 0.1) is 26.0 Å². The number of pyridine rings is 1. The van der Waals surface area contributed by atoms with E-state index >= 15 is 0 Å². The molecule has 1 aromatic rings. The number of ether oxygens (including phenoxy) is 2. The summed E-state index contributed by atoms with van der Waals surface area (Å²) in [6.45, 7) is 5.92. The molecule has 0 aliphatic carbocycles. The summed E-state index contributed by atoms with van der Waals surface area (Å²) in [5, 5.41) is 3.25. The molecule has 1 aliphatic rings. The minimum Gasteiger partial charge on any atom is -0.497 e. The number of hydrogen-bond acceptors (Lipinski definition) is 5. The Morgan fingerprint density at radius 2 is 2.19 bits per heavy atom. The SMILES string of the molecule is COc1cc(C)nc(CNCCC(=O)N2CCOCC2)c1. The van der Waals surface area contributed by atoms with Crippen LogP contribution in [0.25, 0.3) is 0 Å². The van der Waals surface area contributed by atoms with Gasteiger partial charge in [-0.05, 0) is 6.92 Å².